The summed E-state index contributed by atoms with van der Waals surface area (Å²) in [7, 11) is 0. The fourth-order valence-electron chi connectivity index (χ4n) is 4.54. The number of carbonyl (C=O) groups is 5. The third-order valence-corrected chi connectivity index (χ3v) is 6.75. The highest BCUT2D eigenvalue weighted by Gasteiger charge is 2.31. The van der Waals surface area contributed by atoms with Gasteiger partial charge in [0.2, 0.25) is 23.6 Å². The first-order chi connectivity index (χ1) is 19.7. The number of hydrogen-bond acceptors (Lipinski definition) is 9. The van der Waals surface area contributed by atoms with Crippen LogP contribution in [0.2, 0.25) is 0 Å². The Bertz CT molecular complexity index is 1250. The standard InChI is InChI=1S/C27H34N6O8/c1-16(34)22-25(38)28-10-6-5-9-18(29-21(35)14-33-11-12-40-27(33)39)23(36)30-19(13-17-7-3-2-4-8-17)26-31-20(15-41-26)24(37)32-22/h2-4,7-8,15-16,18-19,22,34H,5-6,9-14H2,1H3,(H,28,38)(H,29,35)(H,30,36)(H,32,37)/t16-,18+,19+,22+/m1/s1. The Morgan fingerprint density at radius 3 is 2.63 bits per heavy atom. The molecule has 1 fully saturated rings. The summed E-state index contributed by atoms with van der Waals surface area (Å²) >= 11 is 0. The summed E-state index contributed by atoms with van der Waals surface area (Å²) in [5, 5.41) is 20.9. The fourth-order valence-corrected chi connectivity index (χ4v) is 4.54. The highest BCUT2D eigenvalue weighted by Crippen LogP contribution is 2.20. The maximum absolute atomic E-state index is 13.5. The molecule has 220 valence electrons. The van der Waals surface area contributed by atoms with Crippen molar-refractivity contribution in [1.82, 2.24) is 31.2 Å². The third kappa shape index (κ3) is 8.03. The topological polar surface area (TPSA) is 192 Å². The lowest BCUT2D eigenvalue weighted by atomic mass is 10.0. The van der Waals surface area contributed by atoms with Crippen molar-refractivity contribution < 1.29 is 38.2 Å². The fraction of sp³-hybridized carbons (Fsp3) is 0.481. The number of aliphatic hydroxyl groups excluding tert-OH is 1. The smallest absolute Gasteiger partial charge is 0.410 e. The average Bonchev–Trinajstić information content (AvgIpc) is 3.59. The molecule has 1 saturated heterocycles. The van der Waals surface area contributed by atoms with E-state index in [9.17, 15) is 29.1 Å². The summed E-state index contributed by atoms with van der Waals surface area (Å²) in [5.74, 6) is -2.30. The maximum Gasteiger partial charge on any atom is 0.410 e. The van der Waals surface area contributed by atoms with Crippen LogP contribution in [-0.4, -0.2) is 89.1 Å². The van der Waals surface area contributed by atoms with Gasteiger partial charge in [0, 0.05) is 13.0 Å². The molecule has 5 N–H and O–H groups in total. The Morgan fingerprint density at radius 1 is 1.15 bits per heavy atom. The van der Waals surface area contributed by atoms with E-state index in [2.05, 4.69) is 26.3 Å². The average molecular weight is 571 g/mol. The summed E-state index contributed by atoms with van der Waals surface area (Å²) in [5.41, 5.74) is 0.718. The van der Waals surface area contributed by atoms with E-state index in [1.54, 1.807) is 0 Å². The molecule has 14 heteroatoms. The molecule has 2 aliphatic heterocycles. The van der Waals surface area contributed by atoms with Gasteiger partial charge in [-0.1, -0.05) is 30.3 Å². The molecule has 2 aliphatic rings. The van der Waals surface area contributed by atoms with Crippen molar-refractivity contribution >= 4 is 29.7 Å². The van der Waals surface area contributed by atoms with E-state index < -0.39 is 54.0 Å². The van der Waals surface area contributed by atoms with Crippen LogP contribution in [-0.2, 0) is 25.5 Å². The number of nitrogens with zero attached hydrogens (tertiary/aromatic N) is 2. The molecule has 5 amide bonds. The maximum atomic E-state index is 13.5. The minimum atomic E-state index is -1.22. The van der Waals surface area contributed by atoms with Crippen LogP contribution < -0.4 is 21.3 Å². The number of aliphatic hydroxyl groups is 1. The Hall–Kier alpha value is -4.46. The highest BCUT2D eigenvalue weighted by atomic mass is 16.6. The summed E-state index contributed by atoms with van der Waals surface area (Å²) < 4.78 is 10.5. The molecule has 4 rings (SSSR count). The van der Waals surface area contributed by atoms with Gasteiger partial charge in [-0.25, -0.2) is 9.78 Å². The van der Waals surface area contributed by atoms with Gasteiger partial charge in [-0.15, -0.1) is 0 Å². The number of fused-ring (bicyclic) bond motifs is 2. The van der Waals surface area contributed by atoms with E-state index in [0.29, 0.717) is 12.8 Å². The SMILES string of the molecule is C[C@@H](O)[C@@H]1NC(=O)c2coc(n2)[C@H](Cc2ccccc2)NC(=O)[C@@H](NC(=O)CN2CCOC2=O)CCCCNC1=O. The summed E-state index contributed by atoms with van der Waals surface area (Å²) in [6, 6.07) is 6.27. The number of benzene rings is 1. The molecule has 41 heavy (non-hydrogen) atoms. The molecule has 14 nitrogen and oxygen atoms in total. The van der Waals surface area contributed by atoms with Crippen molar-refractivity contribution in [2.24, 2.45) is 0 Å². The number of hydrogen-bond donors (Lipinski definition) is 5. The van der Waals surface area contributed by atoms with E-state index in [0.717, 1.165) is 11.8 Å². The van der Waals surface area contributed by atoms with E-state index in [-0.39, 0.29) is 50.7 Å². The van der Waals surface area contributed by atoms with Gasteiger partial charge < -0.3 is 35.5 Å². The number of carbonyl (C=O) groups excluding carboxylic acids is 5. The Balaban J connectivity index is 1.59. The van der Waals surface area contributed by atoms with Gasteiger partial charge in [-0.2, -0.15) is 0 Å². The molecule has 0 spiro atoms. The van der Waals surface area contributed by atoms with Crippen LogP contribution in [0.4, 0.5) is 4.79 Å². The molecule has 1 aromatic heterocycles. The quantitative estimate of drug-likeness (QED) is 0.313. The molecule has 0 saturated carbocycles. The van der Waals surface area contributed by atoms with E-state index >= 15 is 0 Å². The number of rotatable bonds is 6. The zero-order valence-corrected chi connectivity index (χ0v) is 22.6. The van der Waals surface area contributed by atoms with Crippen molar-refractivity contribution in [3.63, 3.8) is 0 Å². The monoisotopic (exact) mass is 570 g/mol. The summed E-state index contributed by atoms with van der Waals surface area (Å²) in [6.07, 6.45) is 0.748. The number of ether oxygens (including phenoxy) is 1. The van der Waals surface area contributed by atoms with Crippen LogP contribution >= 0.6 is 0 Å². The molecule has 2 aromatic rings. The Labute approximate surface area is 236 Å². The first-order valence-electron chi connectivity index (χ1n) is 13.5. The normalized spacial score (nSPS) is 23.2. The van der Waals surface area contributed by atoms with Crippen molar-refractivity contribution in [1.29, 1.82) is 0 Å². The number of aromatic nitrogens is 1. The molecular weight excluding hydrogens is 536 g/mol. The largest absolute Gasteiger partial charge is 0.448 e. The molecule has 0 radical (unpaired) electrons. The minimum Gasteiger partial charge on any atom is -0.448 e. The number of oxazole rings is 1. The number of amides is 5. The van der Waals surface area contributed by atoms with Crippen LogP contribution in [0.15, 0.2) is 41.0 Å². The van der Waals surface area contributed by atoms with Gasteiger partial charge in [-0.3, -0.25) is 24.1 Å². The first-order valence-corrected chi connectivity index (χ1v) is 13.5. The third-order valence-electron chi connectivity index (χ3n) is 6.75. The second kappa shape index (κ2) is 13.7. The lowest BCUT2D eigenvalue weighted by Gasteiger charge is -2.23. The summed E-state index contributed by atoms with van der Waals surface area (Å²) in [6.45, 7) is 1.80. The molecule has 3 heterocycles. The van der Waals surface area contributed by atoms with E-state index in [1.807, 2.05) is 30.3 Å². The lowest BCUT2D eigenvalue weighted by Crippen LogP contribution is -2.52. The molecule has 0 aliphatic carbocycles. The first kappa shape index (κ1) is 29.5. The van der Waals surface area contributed by atoms with Gasteiger partial charge in [-0.05, 0) is 31.7 Å². The zero-order chi connectivity index (χ0) is 29.4. The molecule has 1 aromatic carbocycles. The van der Waals surface area contributed by atoms with Crippen molar-refractivity contribution in [2.75, 3.05) is 26.2 Å². The van der Waals surface area contributed by atoms with Gasteiger partial charge in [0.25, 0.3) is 5.91 Å². The summed E-state index contributed by atoms with van der Waals surface area (Å²) in [4.78, 5) is 69.1. The lowest BCUT2D eigenvalue weighted by molar-refractivity contribution is -0.130. The molecule has 4 atom stereocenters. The number of cyclic esters (lactones) is 1. The van der Waals surface area contributed by atoms with Crippen LogP contribution in [0.5, 0.6) is 0 Å². The van der Waals surface area contributed by atoms with Gasteiger partial charge >= 0.3 is 6.09 Å². The number of nitrogens with one attached hydrogen (secondary N) is 4. The van der Waals surface area contributed by atoms with Crippen molar-refractivity contribution in [3.05, 3.63) is 53.7 Å². The van der Waals surface area contributed by atoms with Crippen LogP contribution in [0, 0.1) is 0 Å². The van der Waals surface area contributed by atoms with Gasteiger partial charge in [0.05, 0.1) is 12.6 Å². The van der Waals surface area contributed by atoms with Gasteiger partial charge in [0.1, 0.15) is 37.5 Å². The van der Waals surface area contributed by atoms with Crippen LogP contribution in [0.25, 0.3) is 0 Å². The molecule has 2 bridgehead atoms. The van der Waals surface area contributed by atoms with E-state index in [4.69, 9.17) is 9.15 Å². The van der Waals surface area contributed by atoms with E-state index in [1.165, 1.54) is 11.8 Å². The molecule has 0 unspecified atom stereocenters. The second-order valence-corrected chi connectivity index (χ2v) is 9.96. The molecular formula is C27H34N6O8. The Kier molecular flexibility index (Phi) is 9.90. The second-order valence-electron chi connectivity index (χ2n) is 9.96. The van der Waals surface area contributed by atoms with Gasteiger partial charge in [0.15, 0.2) is 5.69 Å². The van der Waals surface area contributed by atoms with Crippen LogP contribution in [0.3, 0.4) is 0 Å². The predicted molar refractivity (Wildman–Crippen MR) is 142 cm³/mol. The Morgan fingerprint density at radius 2 is 1.93 bits per heavy atom. The van der Waals surface area contributed by atoms with Crippen molar-refractivity contribution in [2.45, 2.75) is 56.8 Å². The predicted octanol–water partition coefficient (Wildman–Crippen LogP) is -0.209. The zero-order valence-electron chi connectivity index (χ0n) is 22.6. The van der Waals surface area contributed by atoms with Crippen molar-refractivity contribution in [3.8, 4) is 0 Å². The highest BCUT2D eigenvalue weighted by molar-refractivity contribution is 5.96. The van der Waals surface area contributed by atoms with Crippen LogP contribution in [0.1, 0.15) is 54.2 Å². The minimum absolute atomic E-state index is 0.0439.